The van der Waals surface area contributed by atoms with Gasteiger partial charge in [-0.15, -0.1) is 0 Å². The molecule has 1 aromatic heterocycles. The Labute approximate surface area is 130 Å². The van der Waals surface area contributed by atoms with Gasteiger partial charge in [-0.1, -0.05) is 42.5 Å². The fraction of sp³-hybridized carbons (Fsp3) is 0.222. The zero-order chi connectivity index (χ0) is 15.4. The van der Waals surface area contributed by atoms with Crippen molar-refractivity contribution in [3.63, 3.8) is 0 Å². The molecule has 0 fully saturated rings. The molecule has 0 saturated carbocycles. The first kappa shape index (κ1) is 14.3. The van der Waals surface area contributed by atoms with E-state index >= 15 is 0 Å². The largest absolute Gasteiger partial charge is 0.348 e. The van der Waals surface area contributed by atoms with E-state index in [0.717, 1.165) is 17.7 Å². The summed E-state index contributed by atoms with van der Waals surface area (Å²) in [6, 6.07) is 10.2. The Balaban J connectivity index is 1.54. The van der Waals surface area contributed by atoms with Crippen LogP contribution in [-0.2, 0) is 17.9 Å². The van der Waals surface area contributed by atoms with E-state index in [0.29, 0.717) is 13.0 Å². The number of amides is 1. The van der Waals surface area contributed by atoms with Gasteiger partial charge in [0.05, 0.1) is 6.20 Å². The van der Waals surface area contributed by atoms with Crippen LogP contribution >= 0.6 is 0 Å². The lowest BCUT2D eigenvalue weighted by molar-refractivity contribution is -0.117. The van der Waals surface area contributed by atoms with Gasteiger partial charge in [0.15, 0.2) is 0 Å². The molecule has 1 aliphatic rings. The third-order valence-corrected chi connectivity index (χ3v) is 3.77. The van der Waals surface area contributed by atoms with Crippen molar-refractivity contribution in [1.29, 1.82) is 0 Å². The SMILES string of the molecule is CCn1cc(CNC(=O)C2=CC=C(c3ccccc3)C2)cn1. The molecule has 1 heterocycles. The van der Waals surface area contributed by atoms with Crippen molar-refractivity contribution in [3.8, 4) is 0 Å². The number of allylic oxidation sites excluding steroid dienone is 3. The lowest BCUT2D eigenvalue weighted by atomic mass is 10.0. The summed E-state index contributed by atoms with van der Waals surface area (Å²) < 4.78 is 1.85. The lowest BCUT2D eigenvalue weighted by Crippen LogP contribution is -2.23. The van der Waals surface area contributed by atoms with Gasteiger partial charge in [-0.25, -0.2) is 0 Å². The van der Waals surface area contributed by atoms with E-state index in [9.17, 15) is 4.79 Å². The van der Waals surface area contributed by atoms with Crippen LogP contribution in [0.15, 0.2) is 60.5 Å². The summed E-state index contributed by atoms with van der Waals surface area (Å²) in [6.07, 6.45) is 8.37. The molecule has 1 N–H and O–H groups in total. The quantitative estimate of drug-likeness (QED) is 0.921. The minimum Gasteiger partial charge on any atom is -0.348 e. The molecular formula is C18H19N3O. The molecule has 2 aromatic rings. The number of carbonyl (C=O) groups is 1. The van der Waals surface area contributed by atoms with E-state index in [-0.39, 0.29) is 5.91 Å². The van der Waals surface area contributed by atoms with Crippen LogP contribution in [0.2, 0.25) is 0 Å². The Kier molecular flexibility index (Phi) is 4.19. The first-order chi connectivity index (χ1) is 10.8. The summed E-state index contributed by atoms with van der Waals surface area (Å²) in [5.41, 5.74) is 4.18. The lowest BCUT2D eigenvalue weighted by Gasteiger charge is -2.06. The topological polar surface area (TPSA) is 46.9 Å². The number of nitrogens with zero attached hydrogens (tertiary/aromatic N) is 2. The highest BCUT2D eigenvalue weighted by atomic mass is 16.1. The van der Waals surface area contributed by atoms with Crippen LogP contribution in [0.1, 0.15) is 24.5 Å². The molecule has 0 saturated heterocycles. The molecule has 1 amide bonds. The van der Waals surface area contributed by atoms with Crippen LogP contribution in [-0.4, -0.2) is 15.7 Å². The van der Waals surface area contributed by atoms with Crippen molar-refractivity contribution in [2.75, 3.05) is 0 Å². The second-order valence-electron chi connectivity index (χ2n) is 5.31. The predicted octanol–water partition coefficient (Wildman–Crippen LogP) is 2.93. The highest BCUT2D eigenvalue weighted by Crippen LogP contribution is 2.27. The standard InChI is InChI=1S/C18H19N3O/c1-2-21-13-14(12-20-21)11-19-18(22)17-9-8-16(10-17)15-6-4-3-5-7-15/h3-9,12-13H,2,10-11H2,1H3,(H,19,22). The summed E-state index contributed by atoms with van der Waals surface area (Å²) in [4.78, 5) is 12.2. The van der Waals surface area contributed by atoms with E-state index in [1.807, 2.05) is 48.2 Å². The molecule has 4 nitrogen and oxygen atoms in total. The minimum atomic E-state index is -0.00794. The smallest absolute Gasteiger partial charge is 0.247 e. The highest BCUT2D eigenvalue weighted by Gasteiger charge is 2.16. The van der Waals surface area contributed by atoms with Gasteiger partial charge in [0.25, 0.3) is 0 Å². The van der Waals surface area contributed by atoms with Gasteiger partial charge in [-0.2, -0.15) is 5.10 Å². The molecule has 4 heteroatoms. The van der Waals surface area contributed by atoms with E-state index in [1.54, 1.807) is 6.20 Å². The zero-order valence-corrected chi connectivity index (χ0v) is 12.6. The first-order valence-electron chi connectivity index (χ1n) is 7.51. The Morgan fingerprint density at radius 3 is 2.82 bits per heavy atom. The molecule has 3 rings (SSSR count). The molecule has 0 bridgehead atoms. The number of aryl methyl sites for hydroxylation is 1. The van der Waals surface area contributed by atoms with Crippen molar-refractivity contribution in [2.45, 2.75) is 26.4 Å². The van der Waals surface area contributed by atoms with Crippen molar-refractivity contribution in [3.05, 3.63) is 71.6 Å². The number of nitrogens with one attached hydrogen (secondary N) is 1. The number of aromatic nitrogens is 2. The summed E-state index contributed by atoms with van der Waals surface area (Å²) in [7, 11) is 0. The summed E-state index contributed by atoms with van der Waals surface area (Å²) in [5.74, 6) is -0.00794. The number of carbonyl (C=O) groups excluding carboxylic acids is 1. The molecule has 22 heavy (non-hydrogen) atoms. The number of benzene rings is 1. The van der Waals surface area contributed by atoms with Crippen LogP contribution in [0, 0.1) is 0 Å². The molecule has 0 radical (unpaired) electrons. The third kappa shape index (κ3) is 3.17. The second-order valence-corrected chi connectivity index (χ2v) is 5.31. The zero-order valence-electron chi connectivity index (χ0n) is 12.6. The van der Waals surface area contributed by atoms with Gasteiger partial charge in [0.1, 0.15) is 0 Å². The van der Waals surface area contributed by atoms with Crippen molar-refractivity contribution in [2.24, 2.45) is 0 Å². The summed E-state index contributed by atoms with van der Waals surface area (Å²) in [5, 5.41) is 7.16. The van der Waals surface area contributed by atoms with Crippen molar-refractivity contribution < 1.29 is 4.79 Å². The van der Waals surface area contributed by atoms with E-state index in [4.69, 9.17) is 0 Å². The van der Waals surface area contributed by atoms with Gasteiger partial charge in [0.2, 0.25) is 5.91 Å². The second kappa shape index (κ2) is 6.43. The Hall–Kier alpha value is -2.62. The molecule has 1 aromatic carbocycles. The maximum atomic E-state index is 12.2. The monoisotopic (exact) mass is 293 g/mol. The Morgan fingerprint density at radius 1 is 1.27 bits per heavy atom. The molecule has 0 aliphatic heterocycles. The summed E-state index contributed by atoms with van der Waals surface area (Å²) in [6.45, 7) is 3.38. The maximum Gasteiger partial charge on any atom is 0.247 e. The maximum absolute atomic E-state index is 12.2. The molecule has 1 aliphatic carbocycles. The van der Waals surface area contributed by atoms with E-state index in [1.165, 1.54) is 11.1 Å². The highest BCUT2D eigenvalue weighted by molar-refractivity contribution is 5.98. The average Bonchev–Trinajstić information content (AvgIpc) is 3.22. The molecule has 112 valence electrons. The van der Waals surface area contributed by atoms with Crippen LogP contribution in [0.3, 0.4) is 0 Å². The van der Waals surface area contributed by atoms with E-state index < -0.39 is 0 Å². The normalized spacial score (nSPS) is 13.7. The van der Waals surface area contributed by atoms with Gasteiger partial charge >= 0.3 is 0 Å². The third-order valence-electron chi connectivity index (χ3n) is 3.77. The van der Waals surface area contributed by atoms with Crippen LogP contribution in [0.25, 0.3) is 5.57 Å². The van der Waals surface area contributed by atoms with Gasteiger partial charge in [-0.3, -0.25) is 9.48 Å². The fourth-order valence-corrected chi connectivity index (χ4v) is 2.50. The first-order valence-corrected chi connectivity index (χ1v) is 7.51. The van der Waals surface area contributed by atoms with Crippen molar-refractivity contribution >= 4 is 11.5 Å². The van der Waals surface area contributed by atoms with Gasteiger partial charge in [-0.05, 0) is 18.1 Å². The van der Waals surface area contributed by atoms with Gasteiger partial charge < -0.3 is 5.32 Å². The van der Waals surface area contributed by atoms with Gasteiger partial charge in [0, 0.05) is 36.8 Å². The van der Waals surface area contributed by atoms with Crippen molar-refractivity contribution in [1.82, 2.24) is 15.1 Å². The average molecular weight is 293 g/mol. The number of rotatable bonds is 5. The Morgan fingerprint density at radius 2 is 2.09 bits per heavy atom. The fourth-order valence-electron chi connectivity index (χ4n) is 2.50. The van der Waals surface area contributed by atoms with Crippen LogP contribution in [0.4, 0.5) is 0 Å². The molecule has 0 spiro atoms. The predicted molar refractivity (Wildman–Crippen MR) is 86.9 cm³/mol. The molecular weight excluding hydrogens is 274 g/mol. The number of hydrogen-bond donors (Lipinski definition) is 1. The summed E-state index contributed by atoms with van der Waals surface area (Å²) >= 11 is 0. The van der Waals surface area contributed by atoms with Crippen LogP contribution in [0.5, 0.6) is 0 Å². The van der Waals surface area contributed by atoms with E-state index in [2.05, 4.69) is 22.5 Å². The van der Waals surface area contributed by atoms with Crippen LogP contribution < -0.4 is 5.32 Å². The Bertz CT molecular complexity index is 726. The minimum absolute atomic E-state index is 0.00794. The molecule has 0 unspecified atom stereocenters. The number of hydrogen-bond acceptors (Lipinski definition) is 2. The molecule has 0 atom stereocenters.